The highest BCUT2D eigenvalue weighted by Crippen LogP contribution is 2.33. The third-order valence-corrected chi connectivity index (χ3v) is 5.56. The van der Waals surface area contributed by atoms with Crippen LogP contribution in [0.2, 0.25) is 5.02 Å². The Hall–Kier alpha value is -2.68. The summed E-state index contributed by atoms with van der Waals surface area (Å²) in [7, 11) is 1.42. The largest absolute Gasteiger partial charge is 0.478 e. The van der Waals surface area contributed by atoms with Crippen molar-refractivity contribution in [2.24, 2.45) is 0 Å². The molecule has 1 unspecified atom stereocenters. The van der Waals surface area contributed by atoms with Gasteiger partial charge in [-0.25, -0.2) is 14.4 Å². The molecular weight excluding hydrogens is 418 g/mol. The van der Waals surface area contributed by atoms with E-state index >= 15 is 0 Å². The average molecular weight is 438 g/mol. The number of fused-ring (bicyclic) bond motifs is 1. The lowest BCUT2D eigenvalue weighted by Crippen LogP contribution is -2.38. The Kier molecular flexibility index (Phi) is 8.38. The molecule has 3 rings (SSSR count). The number of halogens is 1. The summed E-state index contributed by atoms with van der Waals surface area (Å²) in [6.07, 6.45) is 2.08. The van der Waals surface area contributed by atoms with E-state index in [-0.39, 0.29) is 5.97 Å². The number of carbonyl (C=O) groups excluding carboxylic acids is 1. The fourth-order valence-corrected chi connectivity index (χ4v) is 4.04. The fraction of sp³-hybridized carbons (Fsp3) is 0.250. The summed E-state index contributed by atoms with van der Waals surface area (Å²) in [5, 5.41) is 18.3. The summed E-state index contributed by atoms with van der Waals surface area (Å²) in [5.41, 5.74) is 2.11. The number of hydrogen-bond acceptors (Lipinski definition) is 6. The van der Waals surface area contributed by atoms with Crippen LogP contribution < -0.4 is 0 Å². The van der Waals surface area contributed by atoms with Crippen molar-refractivity contribution in [1.82, 2.24) is 4.90 Å². The van der Waals surface area contributed by atoms with Crippen LogP contribution in [-0.2, 0) is 32.1 Å². The van der Waals surface area contributed by atoms with Crippen LogP contribution in [0.15, 0.2) is 47.9 Å². The zero-order valence-electron chi connectivity index (χ0n) is 15.6. The molecule has 1 aromatic heterocycles. The monoisotopic (exact) mass is 437 g/mol. The number of nitrogens with zero attached hydrogens (tertiary/aromatic N) is 1. The number of esters is 1. The number of carbonyl (C=O) groups is 3. The second-order valence-corrected chi connectivity index (χ2v) is 7.45. The first-order valence-corrected chi connectivity index (χ1v) is 9.84. The normalized spacial score (nSPS) is 14.4. The van der Waals surface area contributed by atoms with Crippen molar-refractivity contribution in [3.05, 3.63) is 68.9 Å². The molecule has 1 aliphatic rings. The fourth-order valence-electron chi connectivity index (χ4n) is 2.91. The van der Waals surface area contributed by atoms with Crippen molar-refractivity contribution >= 4 is 40.8 Å². The number of carboxylic acids is 2. The Balaban J connectivity index is 0.000000321. The summed E-state index contributed by atoms with van der Waals surface area (Å²) in [4.78, 5) is 35.0. The molecule has 1 aromatic carbocycles. The van der Waals surface area contributed by atoms with Gasteiger partial charge in [-0.05, 0) is 35.1 Å². The van der Waals surface area contributed by atoms with E-state index in [1.807, 2.05) is 24.3 Å². The van der Waals surface area contributed by atoms with Gasteiger partial charge in [0.1, 0.15) is 6.04 Å². The summed E-state index contributed by atoms with van der Waals surface area (Å²) in [6, 6.07) is 9.16. The van der Waals surface area contributed by atoms with Crippen molar-refractivity contribution in [2.45, 2.75) is 19.0 Å². The highest BCUT2D eigenvalue weighted by atomic mass is 35.5. The van der Waals surface area contributed by atoms with E-state index < -0.39 is 18.0 Å². The van der Waals surface area contributed by atoms with Crippen molar-refractivity contribution < 1.29 is 29.3 Å². The molecule has 1 aliphatic heterocycles. The van der Waals surface area contributed by atoms with E-state index in [9.17, 15) is 14.4 Å². The Labute approximate surface area is 176 Å². The van der Waals surface area contributed by atoms with E-state index in [4.69, 9.17) is 26.6 Å². The minimum Gasteiger partial charge on any atom is -0.478 e. The van der Waals surface area contributed by atoms with E-state index in [1.165, 1.54) is 17.6 Å². The smallest absolute Gasteiger partial charge is 0.328 e. The molecule has 0 saturated carbocycles. The lowest BCUT2D eigenvalue weighted by molar-refractivity contribution is -0.147. The lowest BCUT2D eigenvalue weighted by Gasteiger charge is -2.33. The average Bonchev–Trinajstić information content (AvgIpc) is 3.16. The molecule has 2 aromatic rings. The molecule has 0 spiro atoms. The molecule has 154 valence electrons. The van der Waals surface area contributed by atoms with Gasteiger partial charge in [-0.15, -0.1) is 11.3 Å². The van der Waals surface area contributed by atoms with Gasteiger partial charge in [0.25, 0.3) is 0 Å². The van der Waals surface area contributed by atoms with Gasteiger partial charge in [0.2, 0.25) is 0 Å². The zero-order chi connectivity index (χ0) is 21.4. The Morgan fingerprint density at radius 2 is 1.83 bits per heavy atom. The van der Waals surface area contributed by atoms with E-state index in [0.29, 0.717) is 17.2 Å². The van der Waals surface area contributed by atoms with Crippen molar-refractivity contribution in [3.63, 3.8) is 0 Å². The number of benzene rings is 1. The van der Waals surface area contributed by atoms with E-state index in [0.717, 1.165) is 25.1 Å². The first-order valence-electron chi connectivity index (χ1n) is 8.59. The second-order valence-electron chi connectivity index (χ2n) is 6.05. The summed E-state index contributed by atoms with van der Waals surface area (Å²) < 4.78 is 5.01. The third-order valence-electron chi connectivity index (χ3n) is 4.20. The van der Waals surface area contributed by atoms with Gasteiger partial charge in [0, 0.05) is 35.1 Å². The predicted molar refractivity (Wildman–Crippen MR) is 109 cm³/mol. The quantitative estimate of drug-likeness (QED) is 0.545. The maximum absolute atomic E-state index is 12.3. The van der Waals surface area contributed by atoms with Gasteiger partial charge in [-0.3, -0.25) is 4.90 Å². The van der Waals surface area contributed by atoms with E-state index in [2.05, 4.69) is 16.3 Å². The molecule has 0 amide bonds. The number of aliphatic carboxylic acids is 2. The second kappa shape index (κ2) is 10.8. The summed E-state index contributed by atoms with van der Waals surface area (Å²) in [6.45, 7) is 1.59. The highest BCUT2D eigenvalue weighted by molar-refractivity contribution is 7.10. The molecule has 9 heteroatoms. The van der Waals surface area contributed by atoms with E-state index in [1.54, 1.807) is 11.3 Å². The molecule has 29 heavy (non-hydrogen) atoms. The molecule has 0 saturated heterocycles. The van der Waals surface area contributed by atoms with Gasteiger partial charge >= 0.3 is 17.9 Å². The van der Waals surface area contributed by atoms with Crippen LogP contribution in [0.5, 0.6) is 0 Å². The molecule has 1 atom stereocenters. The number of methoxy groups -OCH3 is 1. The Morgan fingerprint density at radius 1 is 1.17 bits per heavy atom. The molecule has 2 heterocycles. The summed E-state index contributed by atoms with van der Waals surface area (Å²) in [5.74, 6) is -2.78. The SMILES string of the molecule is COC(=O)C(c1ccccc1Cl)N1CCc2sccc2C1.O=C(O)/C=C/C(=O)O. The van der Waals surface area contributed by atoms with Crippen LogP contribution in [0.4, 0.5) is 0 Å². The van der Waals surface area contributed by atoms with Crippen LogP contribution in [0, 0.1) is 0 Å². The molecule has 7 nitrogen and oxygen atoms in total. The first kappa shape index (κ1) is 22.6. The van der Waals surface area contributed by atoms with Crippen molar-refractivity contribution in [3.8, 4) is 0 Å². The first-order chi connectivity index (χ1) is 13.8. The zero-order valence-corrected chi connectivity index (χ0v) is 17.2. The molecule has 0 bridgehead atoms. The van der Waals surface area contributed by atoms with Crippen LogP contribution in [0.25, 0.3) is 0 Å². The van der Waals surface area contributed by atoms with Gasteiger partial charge in [-0.1, -0.05) is 29.8 Å². The molecule has 0 aliphatic carbocycles. The third kappa shape index (κ3) is 6.42. The van der Waals surface area contributed by atoms with Gasteiger partial charge < -0.3 is 14.9 Å². The number of carboxylic acid groups (broad SMARTS) is 2. The van der Waals surface area contributed by atoms with Gasteiger partial charge in [0.05, 0.1) is 7.11 Å². The molecule has 0 radical (unpaired) electrons. The van der Waals surface area contributed by atoms with Crippen LogP contribution in [0.1, 0.15) is 22.0 Å². The van der Waals surface area contributed by atoms with Gasteiger partial charge in [-0.2, -0.15) is 0 Å². The number of rotatable bonds is 5. The lowest BCUT2D eigenvalue weighted by atomic mass is 10.0. The topological polar surface area (TPSA) is 104 Å². The minimum absolute atomic E-state index is 0.262. The number of ether oxygens (including phenoxy) is 1. The number of thiophene rings is 1. The highest BCUT2D eigenvalue weighted by Gasteiger charge is 2.32. The molecule has 2 N–H and O–H groups in total. The maximum Gasteiger partial charge on any atom is 0.328 e. The van der Waals surface area contributed by atoms with Crippen LogP contribution >= 0.6 is 22.9 Å². The standard InChI is InChI=1S/C16H16ClNO2S.C4H4O4/c1-20-16(19)15(12-4-2-3-5-13(12)17)18-8-6-14-11(10-18)7-9-21-14;5-3(6)1-2-4(7)8/h2-5,7,9,15H,6,8,10H2,1H3;1-2H,(H,5,6)(H,7,8)/b;2-1+. The Morgan fingerprint density at radius 3 is 2.41 bits per heavy atom. The van der Waals surface area contributed by atoms with Crippen molar-refractivity contribution in [1.29, 1.82) is 0 Å². The molecule has 0 fully saturated rings. The molecular formula is C20H20ClNO6S. The predicted octanol–water partition coefficient (Wildman–Crippen LogP) is 3.39. The minimum atomic E-state index is -1.26. The Bertz CT molecular complexity index is 894. The maximum atomic E-state index is 12.3. The van der Waals surface area contributed by atoms with Crippen LogP contribution in [0.3, 0.4) is 0 Å². The van der Waals surface area contributed by atoms with Gasteiger partial charge in [0.15, 0.2) is 0 Å². The van der Waals surface area contributed by atoms with Crippen molar-refractivity contribution in [2.75, 3.05) is 13.7 Å². The number of hydrogen-bond donors (Lipinski definition) is 2. The summed E-state index contributed by atoms with van der Waals surface area (Å²) >= 11 is 8.07. The van der Waals surface area contributed by atoms with Crippen LogP contribution in [-0.4, -0.2) is 46.7 Å².